The fraction of sp³-hybridized carbons (Fsp3) is 0.500. The molecule has 0 aliphatic rings. The largest absolute Gasteiger partial charge is 0.444 e. The Labute approximate surface area is 195 Å². The van der Waals surface area contributed by atoms with Crippen molar-refractivity contribution >= 4 is 23.8 Å². The minimum atomic E-state index is -1.41. The molecule has 0 heterocycles. The number of carbonyl (C=O) groups is 4. The second-order valence-corrected chi connectivity index (χ2v) is 8.52. The van der Waals surface area contributed by atoms with Crippen LogP contribution in [0.15, 0.2) is 30.3 Å². The molecule has 0 radical (unpaired) electrons. The summed E-state index contributed by atoms with van der Waals surface area (Å²) < 4.78 is 5.18. The zero-order valence-corrected chi connectivity index (χ0v) is 19.7. The van der Waals surface area contributed by atoms with Gasteiger partial charge >= 0.3 is 6.09 Å². The van der Waals surface area contributed by atoms with Crippen molar-refractivity contribution in [3.05, 3.63) is 35.9 Å². The summed E-state index contributed by atoms with van der Waals surface area (Å²) in [6.45, 7) is 7.42. The van der Waals surface area contributed by atoms with Crippen molar-refractivity contribution in [1.82, 2.24) is 15.5 Å². The highest BCUT2D eigenvalue weighted by molar-refractivity contribution is 5.95. The molecule has 4 N–H and O–H groups in total. The van der Waals surface area contributed by atoms with Crippen molar-refractivity contribution in [1.29, 1.82) is 0 Å². The Kier molecular flexibility index (Phi) is 10.9. The number of ether oxygens (including phenoxy) is 1. The molecule has 0 aliphatic heterocycles. The SMILES string of the molecule is C#CN(C(=O)C(CC(N)=O)NC(=O)OC(C)(C)C)C(C(=O)NCCCCC)c1ccccc1. The van der Waals surface area contributed by atoms with E-state index in [1.807, 2.05) is 6.92 Å². The number of primary amides is 1. The molecular weight excluding hydrogens is 424 g/mol. The number of nitrogens with two attached hydrogens (primary N) is 1. The van der Waals surface area contributed by atoms with E-state index >= 15 is 0 Å². The maximum atomic E-state index is 13.3. The highest BCUT2D eigenvalue weighted by atomic mass is 16.6. The minimum Gasteiger partial charge on any atom is -0.444 e. The van der Waals surface area contributed by atoms with Gasteiger partial charge in [-0.2, -0.15) is 0 Å². The van der Waals surface area contributed by atoms with Crippen molar-refractivity contribution in [3.8, 4) is 12.5 Å². The third-order valence-electron chi connectivity index (χ3n) is 4.47. The number of benzene rings is 1. The van der Waals surface area contributed by atoms with Gasteiger partial charge in [-0.25, -0.2) is 4.79 Å². The first-order chi connectivity index (χ1) is 15.5. The molecule has 0 aliphatic carbocycles. The van der Waals surface area contributed by atoms with Gasteiger partial charge in [-0.05, 0) is 32.8 Å². The average Bonchev–Trinajstić information content (AvgIpc) is 2.72. The normalized spacial score (nSPS) is 12.6. The van der Waals surface area contributed by atoms with Crippen LogP contribution < -0.4 is 16.4 Å². The highest BCUT2D eigenvalue weighted by Crippen LogP contribution is 2.22. The van der Waals surface area contributed by atoms with E-state index in [0.29, 0.717) is 12.1 Å². The average molecular weight is 459 g/mol. The number of nitrogens with zero attached hydrogens (tertiary/aromatic N) is 1. The predicted molar refractivity (Wildman–Crippen MR) is 124 cm³/mol. The van der Waals surface area contributed by atoms with E-state index in [9.17, 15) is 19.2 Å². The molecule has 0 aromatic heterocycles. The summed E-state index contributed by atoms with van der Waals surface area (Å²) in [5, 5.41) is 5.15. The van der Waals surface area contributed by atoms with Crippen LogP contribution in [0.1, 0.15) is 65.0 Å². The molecule has 0 spiro atoms. The molecule has 0 saturated heterocycles. The lowest BCUT2D eigenvalue weighted by Gasteiger charge is -2.30. The molecule has 2 atom stereocenters. The van der Waals surface area contributed by atoms with Crippen LogP contribution in [0.25, 0.3) is 0 Å². The molecule has 0 fully saturated rings. The molecule has 33 heavy (non-hydrogen) atoms. The smallest absolute Gasteiger partial charge is 0.408 e. The van der Waals surface area contributed by atoms with E-state index in [1.54, 1.807) is 51.1 Å². The molecule has 180 valence electrons. The van der Waals surface area contributed by atoms with Crippen molar-refractivity contribution in [3.63, 3.8) is 0 Å². The van der Waals surface area contributed by atoms with E-state index < -0.39 is 47.9 Å². The number of amides is 4. The van der Waals surface area contributed by atoms with Crippen LogP contribution in [0.2, 0.25) is 0 Å². The second-order valence-electron chi connectivity index (χ2n) is 8.52. The summed E-state index contributed by atoms with van der Waals surface area (Å²) in [6.07, 6.45) is 6.91. The number of nitrogens with one attached hydrogen (secondary N) is 2. The second kappa shape index (κ2) is 13.1. The zero-order chi connectivity index (χ0) is 25.0. The molecule has 0 bridgehead atoms. The number of carbonyl (C=O) groups excluding carboxylic acids is 4. The van der Waals surface area contributed by atoms with E-state index in [2.05, 4.69) is 16.7 Å². The fourth-order valence-electron chi connectivity index (χ4n) is 3.02. The summed E-state index contributed by atoms with van der Waals surface area (Å²) in [5.41, 5.74) is 4.93. The van der Waals surface area contributed by atoms with Crippen LogP contribution in [-0.4, -0.2) is 46.9 Å². The lowest BCUT2D eigenvalue weighted by molar-refractivity contribution is -0.139. The van der Waals surface area contributed by atoms with Gasteiger partial charge in [-0.1, -0.05) is 56.5 Å². The molecule has 1 rings (SSSR count). The van der Waals surface area contributed by atoms with Gasteiger partial charge in [-0.3, -0.25) is 19.3 Å². The van der Waals surface area contributed by atoms with Crippen LogP contribution in [0.5, 0.6) is 0 Å². The van der Waals surface area contributed by atoms with Gasteiger partial charge in [-0.15, -0.1) is 0 Å². The Morgan fingerprint density at radius 1 is 1.15 bits per heavy atom. The lowest BCUT2D eigenvalue weighted by atomic mass is 10.0. The molecule has 1 aromatic carbocycles. The standard InChI is InChI=1S/C24H34N4O5/c1-6-8-12-15-26-21(30)20(17-13-10-9-11-14-17)28(7-2)22(31)18(16-19(25)29)27-23(32)33-24(3,4)5/h2,9-11,13-14,18,20H,6,8,12,15-16H2,1,3-5H3,(H2,25,29)(H,26,30)(H,27,32). The summed E-state index contributed by atoms with van der Waals surface area (Å²) in [5.74, 6) is -2.14. The minimum absolute atomic E-state index is 0.420. The van der Waals surface area contributed by atoms with Crippen LogP contribution in [-0.2, 0) is 19.1 Å². The fourth-order valence-corrected chi connectivity index (χ4v) is 3.02. The topological polar surface area (TPSA) is 131 Å². The quantitative estimate of drug-likeness (QED) is 0.266. The number of terminal acetylenes is 1. The van der Waals surface area contributed by atoms with Crippen molar-refractivity contribution < 1.29 is 23.9 Å². The van der Waals surface area contributed by atoms with E-state index in [-0.39, 0.29) is 0 Å². The Bertz CT molecular complexity index is 858. The Balaban J connectivity index is 3.22. The third kappa shape index (κ3) is 9.64. The first-order valence-electron chi connectivity index (χ1n) is 10.9. The summed E-state index contributed by atoms with van der Waals surface area (Å²) >= 11 is 0. The summed E-state index contributed by atoms with van der Waals surface area (Å²) in [4.78, 5) is 51.1. The highest BCUT2D eigenvalue weighted by Gasteiger charge is 2.36. The third-order valence-corrected chi connectivity index (χ3v) is 4.47. The molecule has 4 amide bonds. The Morgan fingerprint density at radius 3 is 2.30 bits per heavy atom. The van der Waals surface area contributed by atoms with Crippen molar-refractivity contribution in [2.75, 3.05) is 6.54 Å². The van der Waals surface area contributed by atoms with Crippen LogP contribution in [0.4, 0.5) is 4.79 Å². The maximum Gasteiger partial charge on any atom is 0.408 e. The number of unbranched alkanes of at least 4 members (excludes halogenated alkanes) is 2. The molecule has 9 nitrogen and oxygen atoms in total. The number of rotatable bonds is 11. The van der Waals surface area contributed by atoms with Gasteiger partial charge in [0, 0.05) is 12.6 Å². The Hall–Kier alpha value is -3.54. The number of alkyl carbamates (subject to hydrolysis) is 1. The first-order valence-corrected chi connectivity index (χ1v) is 10.9. The molecule has 9 heteroatoms. The van der Waals surface area contributed by atoms with Crippen molar-refractivity contribution in [2.45, 2.75) is 71.1 Å². The number of hydrogen-bond donors (Lipinski definition) is 3. The summed E-state index contributed by atoms with van der Waals surface area (Å²) in [6, 6.07) is 8.19. The van der Waals surface area contributed by atoms with E-state index in [4.69, 9.17) is 16.9 Å². The molecular formula is C24H34N4O5. The van der Waals surface area contributed by atoms with Crippen LogP contribution in [0, 0.1) is 12.5 Å². The Morgan fingerprint density at radius 2 is 1.79 bits per heavy atom. The van der Waals surface area contributed by atoms with E-state index in [1.165, 1.54) is 0 Å². The van der Waals surface area contributed by atoms with Gasteiger partial charge in [0.2, 0.25) is 11.8 Å². The van der Waals surface area contributed by atoms with Gasteiger partial charge in [0.25, 0.3) is 5.91 Å². The lowest BCUT2D eigenvalue weighted by Crippen LogP contribution is -2.52. The molecule has 1 aromatic rings. The maximum absolute atomic E-state index is 13.3. The van der Waals surface area contributed by atoms with Gasteiger partial charge in [0.1, 0.15) is 17.7 Å². The van der Waals surface area contributed by atoms with Gasteiger partial charge < -0.3 is 21.1 Å². The van der Waals surface area contributed by atoms with Gasteiger partial charge in [0.05, 0.1) is 6.42 Å². The predicted octanol–water partition coefficient (Wildman–Crippen LogP) is 2.22. The molecule has 2 unspecified atom stereocenters. The summed E-state index contributed by atoms with van der Waals surface area (Å²) in [7, 11) is 0. The zero-order valence-electron chi connectivity index (χ0n) is 19.7. The van der Waals surface area contributed by atoms with Gasteiger partial charge in [0.15, 0.2) is 0 Å². The van der Waals surface area contributed by atoms with E-state index in [0.717, 1.165) is 24.2 Å². The van der Waals surface area contributed by atoms with Crippen LogP contribution >= 0.6 is 0 Å². The van der Waals surface area contributed by atoms with Crippen LogP contribution in [0.3, 0.4) is 0 Å². The van der Waals surface area contributed by atoms with Crippen molar-refractivity contribution in [2.24, 2.45) is 5.73 Å². The first kappa shape index (κ1) is 27.5. The number of hydrogen-bond acceptors (Lipinski definition) is 5. The monoisotopic (exact) mass is 458 g/mol. The molecule has 0 saturated carbocycles.